The van der Waals surface area contributed by atoms with Crippen molar-refractivity contribution in [3.05, 3.63) is 113 Å². The summed E-state index contributed by atoms with van der Waals surface area (Å²) in [5.74, 6) is 0.582. The van der Waals surface area contributed by atoms with E-state index in [0.717, 1.165) is 16.7 Å². The summed E-state index contributed by atoms with van der Waals surface area (Å²) < 4.78 is 26.7. The Morgan fingerprint density at radius 2 is 1.84 bits per heavy atom. The molecule has 1 aliphatic rings. The second-order valence-electron chi connectivity index (χ2n) is 8.85. The fourth-order valence-corrected chi connectivity index (χ4v) is 4.54. The van der Waals surface area contributed by atoms with Gasteiger partial charge in [-0.2, -0.15) is 0 Å². The van der Waals surface area contributed by atoms with Crippen LogP contribution in [-0.2, 0) is 6.54 Å². The summed E-state index contributed by atoms with van der Waals surface area (Å²) in [4.78, 5) is 18.9. The van der Waals surface area contributed by atoms with Gasteiger partial charge in [0.15, 0.2) is 0 Å². The number of rotatable bonds is 7. The number of aromatic nitrogens is 2. The van der Waals surface area contributed by atoms with Gasteiger partial charge in [0.1, 0.15) is 23.9 Å². The number of benzene rings is 3. The van der Waals surface area contributed by atoms with Crippen LogP contribution in [0.4, 0.5) is 14.9 Å². The zero-order valence-corrected chi connectivity index (χ0v) is 21.2. The number of carbonyl (C=O) groups excluding carboxylic acids is 1. The van der Waals surface area contributed by atoms with Crippen molar-refractivity contribution in [1.82, 2.24) is 14.5 Å². The fourth-order valence-electron chi connectivity index (χ4n) is 4.37. The molecule has 0 saturated carbocycles. The van der Waals surface area contributed by atoms with Gasteiger partial charge in [-0.05, 0) is 72.2 Å². The Morgan fingerprint density at radius 1 is 1.08 bits per heavy atom. The molecule has 1 amide bonds. The van der Waals surface area contributed by atoms with Crippen molar-refractivity contribution in [3.8, 4) is 11.5 Å². The minimum absolute atomic E-state index is 0.269. The minimum Gasteiger partial charge on any atom is -0.492 e. The monoisotopic (exact) mass is 532 g/mol. The smallest absolute Gasteiger partial charge is 0.416 e. The van der Waals surface area contributed by atoms with Gasteiger partial charge in [0.2, 0.25) is 0 Å². The van der Waals surface area contributed by atoms with E-state index in [2.05, 4.69) is 4.98 Å². The van der Waals surface area contributed by atoms with Crippen LogP contribution in [0.15, 0.2) is 91.5 Å². The first kappa shape index (κ1) is 25.4. The number of halogens is 2. The van der Waals surface area contributed by atoms with Gasteiger partial charge in [0.05, 0.1) is 18.9 Å². The van der Waals surface area contributed by atoms with E-state index >= 15 is 0 Å². The Morgan fingerprint density at radius 3 is 2.58 bits per heavy atom. The van der Waals surface area contributed by atoms with Crippen molar-refractivity contribution in [1.29, 1.82) is 0 Å². The third kappa shape index (κ3) is 5.98. The number of amides is 1. The lowest BCUT2D eigenvalue weighted by atomic mass is 9.91. The van der Waals surface area contributed by atoms with Gasteiger partial charge in [0.25, 0.3) is 0 Å². The number of ether oxygens (including phenoxy) is 2. The maximum absolute atomic E-state index is 13.3. The highest BCUT2D eigenvalue weighted by Crippen LogP contribution is 2.37. The second kappa shape index (κ2) is 11.4. The maximum atomic E-state index is 13.3. The summed E-state index contributed by atoms with van der Waals surface area (Å²) in [7, 11) is 0. The number of nitrogens with zero attached hydrogens (tertiary/aromatic N) is 3. The summed E-state index contributed by atoms with van der Waals surface area (Å²) in [6.07, 6.45) is 7.39. The second-order valence-corrected chi connectivity index (χ2v) is 9.29. The molecule has 1 atom stereocenters. The van der Waals surface area contributed by atoms with Crippen molar-refractivity contribution < 1.29 is 18.7 Å². The molecule has 0 saturated heterocycles. The first-order chi connectivity index (χ1) is 18.5. The molecule has 0 radical (unpaired) electrons. The largest absolute Gasteiger partial charge is 0.492 e. The molecule has 9 heteroatoms. The van der Waals surface area contributed by atoms with Crippen molar-refractivity contribution in [3.63, 3.8) is 0 Å². The molecular formula is C29H26ClFN4O3. The zero-order valence-electron chi connectivity index (χ0n) is 20.5. The summed E-state index contributed by atoms with van der Waals surface area (Å²) in [5, 5.41) is 0.585. The molecule has 38 heavy (non-hydrogen) atoms. The van der Waals surface area contributed by atoms with Gasteiger partial charge in [-0.25, -0.2) is 14.2 Å². The molecule has 1 aliphatic heterocycles. The third-order valence-corrected chi connectivity index (χ3v) is 6.57. The molecule has 0 fully saturated rings. The highest BCUT2D eigenvalue weighted by atomic mass is 35.5. The van der Waals surface area contributed by atoms with Crippen LogP contribution >= 0.6 is 11.6 Å². The molecule has 0 spiro atoms. The predicted octanol–water partition coefficient (Wildman–Crippen LogP) is 6.37. The predicted molar refractivity (Wildman–Crippen MR) is 144 cm³/mol. The first-order valence-corrected chi connectivity index (χ1v) is 12.5. The molecule has 0 bridgehead atoms. The molecular weight excluding hydrogens is 507 g/mol. The van der Waals surface area contributed by atoms with Gasteiger partial charge in [0, 0.05) is 35.2 Å². The molecule has 2 heterocycles. The third-order valence-electron chi connectivity index (χ3n) is 6.33. The maximum Gasteiger partial charge on any atom is 0.416 e. The first-order valence-electron chi connectivity index (χ1n) is 12.1. The lowest BCUT2D eigenvalue weighted by Gasteiger charge is -2.34. The van der Waals surface area contributed by atoms with Crippen molar-refractivity contribution in [2.75, 3.05) is 18.9 Å². The molecule has 3 aromatic carbocycles. The van der Waals surface area contributed by atoms with Crippen LogP contribution in [0.5, 0.6) is 11.5 Å². The van der Waals surface area contributed by atoms with E-state index < -0.39 is 18.0 Å². The van der Waals surface area contributed by atoms with E-state index in [-0.39, 0.29) is 5.75 Å². The average Bonchev–Trinajstić information content (AvgIpc) is 3.45. The van der Waals surface area contributed by atoms with Gasteiger partial charge >= 0.3 is 6.09 Å². The van der Waals surface area contributed by atoms with Gasteiger partial charge < -0.3 is 19.8 Å². The van der Waals surface area contributed by atoms with Gasteiger partial charge in [-0.3, -0.25) is 4.90 Å². The number of nitrogen functional groups attached to an aromatic ring is 1. The topological polar surface area (TPSA) is 82.6 Å². The summed E-state index contributed by atoms with van der Waals surface area (Å²) in [5.41, 5.74) is 9.58. The molecule has 5 rings (SSSR count). The highest BCUT2D eigenvalue weighted by Gasteiger charge is 2.30. The van der Waals surface area contributed by atoms with Crippen LogP contribution in [0, 0.1) is 5.82 Å². The lowest BCUT2D eigenvalue weighted by Crippen LogP contribution is -2.39. The number of carbonyl (C=O) groups is 1. The summed E-state index contributed by atoms with van der Waals surface area (Å²) in [6, 6.07) is 17.9. The summed E-state index contributed by atoms with van der Waals surface area (Å²) >= 11 is 6.25. The standard InChI is InChI=1S/C29H26ClFN4O3/c30-22-3-10-27(32)26(18-22)21-11-13-35(29(36)38-25-8-4-23(31)5-9-25)28(17-21)20-1-6-24(7-2-20)37-16-15-34-14-12-33-19-34/h1-10,12,14,17-19,28H,11,13,15-16,32H2. The van der Waals surface area contributed by atoms with Crippen LogP contribution in [0.25, 0.3) is 5.57 Å². The van der Waals surface area contributed by atoms with Crippen LogP contribution in [0.3, 0.4) is 0 Å². The molecule has 4 aromatic rings. The number of imidazole rings is 1. The van der Waals surface area contributed by atoms with Crippen molar-refractivity contribution >= 4 is 29.0 Å². The zero-order chi connectivity index (χ0) is 26.5. The fraction of sp³-hybridized carbons (Fsp3) is 0.172. The Hall–Kier alpha value is -4.30. The Bertz CT molecular complexity index is 1420. The quantitative estimate of drug-likeness (QED) is 0.280. The summed E-state index contributed by atoms with van der Waals surface area (Å²) in [6.45, 7) is 1.57. The molecule has 0 aliphatic carbocycles. The normalized spacial score (nSPS) is 15.2. The average molecular weight is 533 g/mol. The van der Waals surface area contributed by atoms with E-state index in [4.69, 9.17) is 26.8 Å². The molecule has 194 valence electrons. The van der Waals surface area contributed by atoms with Crippen molar-refractivity contribution in [2.24, 2.45) is 0 Å². The number of hydrogen-bond acceptors (Lipinski definition) is 5. The van der Waals surface area contributed by atoms with Crippen LogP contribution in [-0.4, -0.2) is 33.7 Å². The molecule has 2 N–H and O–H groups in total. The molecule has 7 nitrogen and oxygen atoms in total. The lowest BCUT2D eigenvalue weighted by molar-refractivity contribution is 0.140. The Balaban J connectivity index is 1.39. The van der Waals surface area contributed by atoms with E-state index in [1.165, 1.54) is 24.3 Å². The Kier molecular flexibility index (Phi) is 7.60. The van der Waals surface area contributed by atoms with Crippen molar-refractivity contribution in [2.45, 2.75) is 19.0 Å². The molecule has 1 aromatic heterocycles. The van der Waals surface area contributed by atoms with E-state index in [1.54, 1.807) is 29.6 Å². The number of hydrogen-bond donors (Lipinski definition) is 1. The van der Waals surface area contributed by atoms with Crippen LogP contribution in [0.2, 0.25) is 5.02 Å². The van der Waals surface area contributed by atoms with Gasteiger partial charge in [-0.15, -0.1) is 0 Å². The number of nitrogens with two attached hydrogens (primary N) is 1. The van der Waals surface area contributed by atoms with Crippen LogP contribution < -0.4 is 15.2 Å². The van der Waals surface area contributed by atoms with E-state index in [1.807, 2.05) is 47.2 Å². The Labute approximate surface area is 224 Å². The number of anilines is 1. The van der Waals surface area contributed by atoms with Gasteiger partial charge in [-0.1, -0.05) is 29.8 Å². The van der Waals surface area contributed by atoms with E-state index in [0.29, 0.717) is 42.6 Å². The minimum atomic E-state index is -0.531. The molecule has 1 unspecified atom stereocenters. The highest BCUT2D eigenvalue weighted by molar-refractivity contribution is 6.30. The van der Waals surface area contributed by atoms with E-state index in [9.17, 15) is 9.18 Å². The SMILES string of the molecule is Nc1ccc(Cl)cc1C1=CC(c2ccc(OCCn3ccnc3)cc2)N(C(=O)Oc2ccc(F)cc2)CC1. The van der Waals surface area contributed by atoms with Crippen LogP contribution in [0.1, 0.15) is 23.6 Å².